The van der Waals surface area contributed by atoms with Crippen molar-refractivity contribution in [2.45, 2.75) is 18.4 Å². The Balaban J connectivity index is 1.59. The minimum absolute atomic E-state index is 0.0608. The van der Waals surface area contributed by atoms with Gasteiger partial charge in [0.05, 0.1) is 21.7 Å². The molecule has 0 aliphatic carbocycles. The van der Waals surface area contributed by atoms with Gasteiger partial charge in [-0.15, -0.1) is 0 Å². The molecule has 0 atom stereocenters. The van der Waals surface area contributed by atoms with Gasteiger partial charge < -0.3 is 9.30 Å². The van der Waals surface area contributed by atoms with Crippen molar-refractivity contribution in [1.82, 2.24) is 4.57 Å². The molecule has 1 N–H and O–H groups in total. The number of nitrogens with one attached hydrogen (secondary N) is 1. The molecule has 0 fully saturated rings. The van der Waals surface area contributed by atoms with Gasteiger partial charge in [-0.05, 0) is 67.6 Å². The number of rotatable bonds is 8. The van der Waals surface area contributed by atoms with Crippen LogP contribution in [0.25, 0.3) is 10.2 Å². The largest absolute Gasteiger partial charge is 0.380 e. The van der Waals surface area contributed by atoms with Crippen LogP contribution in [-0.2, 0) is 21.3 Å². The molecule has 0 spiro atoms. The highest BCUT2D eigenvalue weighted by molar-refractivity contribution is 7.92. The number of thiazole rings is 1. The molecule has 0 bridgehead atoms. The fourth-order valence-corrected chi connectivity index (χ4v) is 5.59. The number of benzene rings is 3. The third kappa shape index (κ3) is 5.79. The summed E-state index contributed by atoms with van der Waals surface area (Å²) in [5.74, 6) is -0.935. The number of amides is 1. The Kier molecular flexibility index (Phi) is 7.66. The maximum atomic E-state index is 14.5. The van der Waals surface area contributed by atoms with Crippen LogP contribution >= 0.6 is 22.9 Å². The highest BCUT2D eigenvalue weighted by Gasteiger charge is 2.15. The highest BCUT2D eigenvalue weighted by Crippen LogP contribution is 2.21. The number of para-hydroxylation sites is 1. The molecule has 182 valence electrons. The van der Waals surface area contributed by atoms with Gasteiger partial charge in [-0.3, -0.25) is 9.52 Å². The topological polar surface area (TPSA) is 89.8 Å². The van der Waals surface area contributed by atoms with Gasteiger partial charge in [0.25, 0.3) is 15.9 Å². The van der Waals surface area contributed by atoms with E-state index < -0.39 is 21.7 Å². The smallest absolute Gasteiger partial charge is 0.279 e. The van der Waals surface area contributed by atoms with E-state index in [-0.39, 0.29) is 16.1 Å². The Morgan fingerprint density at radius 3 is 2.51 bits per heavy atom. The van der Waals surface area contributed by atoms with E-state index in [0.29, 0.717) is 39.8 Å². The van der Waals surface area contributed by atoms with E-state index in [0.717, 1.165) is 0 Å². The predicted octanol–water partition coefficient (Wildman–Crippen LogP) is 5.07. The monoisotopic (exact) mass is 533 g/mol. The van der Waals surface area contributed by atoms with Crippen molar-refractivity contribution in [2.75, 3.05) is 17.9 Å². The molecule has 7 nitrogen and oxygen atoms in total. The third-order valence-electron chi connectivity index (χ3n) is 5.02. The second-order valence-electron chi connectivity index (χ2n) is 7.37. The van der Waals surface area contributed by atoms with Crippen LogP contribution in [-0.4, -0.2) is 32.1 Å². The lowest BCUT2D eigenvalue weighted by atomic mass is 10.2. The van der Waals surface area contributed by atoms with Gasteiger partial charge in [-0.1, -0.05) is 29.0 Å². The van der Waals surface area contributed by atoms with Crippen molar-refractivity contribution < 1.29 is 22.3 Å². The van der Waals surface area contributed by atoms with Crippen LogP contribution in [0, 0.1) is 5.82 Å². The van der Waals surface area contributed by atoms with Gasteiger partial charge in [-0.2, -0.15) is 4.99 Å². The summed E-state index contributed by atoms with van der Waals surface area (Å²) >= 11 is 7.02. The lowest BCUT2D eigenvalue weighted by Gasteiger charge is -2.08. The number of aromatic nitrogens is 1. The first-order valence-corrected chi connectivity index (χ1v) is 13.3. The molecule has 3 aromatic carbocycles. The summed E-state index contributed by atoms with van der Waals surface area (Å²) in [6.07, 6.45) is 0. The Labute approximate surface area is 210 Å². The quantitative estimate of drug-likeness (QED) is 0.320. The molecule has 0 unspecified atom stereocenters. The Hall–Kier alpha value is -3.05. The van der Waals surface area contributed by atoms with Crippen molar-refractivity contribution in [3.8, 4) is 0 Å². The predicted molar refractivity (Wildman–Crippen MR) is 135 cm³/mol. The zero-order valence-electron chi connectivity index (χ0n) is 18.6. The Bertz CT molecular complexity index is 1530. The van der Waals surface area contributed by atoms with Gasteiger partial charge in [0.1, 0.15) is 5.82 Å². The molecule has 4 rings (SSSR count). The third-order valence-corrected chi connectivity index (χ3v) is 7.71. The zero-order valence-corrected chi connectivity index (χ0v) is 21.0. The maximum Gasteiger partial charge on any atom is 0.279 e. The summed E-state index contributed by atoms with van der Waals surface area (Å²) in [4.78, 5) is 17.5. The number of fused-ring (bicyclic) bond motifs is 1. The van der Waals surface area contributed by atoms with Crippen molar-refractivity contribution in [3.05, 3.63) is 87.9 Å². The van der Waals surface area contributed by atoms with Gasteiger partial charge in [0.2, 0.25) is 0 Å². The molecule has 1 amide bonds. The number of carbonyl (C=O) groups excluding carboxylic acids is 1. The van der Waals surface area contributed by atoms with Crippen LogP contribution in [0.5, 0.6) is 0 Å². The average Bonchev–Trinajstić information content (AvgIpc) is 3.18. The Morgan fingerprint density at radius 2 is 1.83 bits per heavy atom. The zero-order chi connectivity index (χ0) is 25.0. The molecule has 35 heavy (non-hydrogen) atoms. The summed E-state index contributed by atoms with van der Waals surface area (Å²) in [5, 5.41) is 0.427. The molecule has 0 aliphatic heterocycles. The maximum absolute atomic E-state index is 14.5. The van der Waals surface area contributed by atoms with Crippen LogP contribution in [0.2, 0.25) is 5.02 Å². The van der Waals surface area contributed by atoms with Gasteiger partial charge in [-0.25, -0.2) is 12.8 Å². The van der Waals surface area contributed by atoms with Crippen LogP contribution in [0.15, 0.2) is 76.6 Å². The van der Waals surface area contributed by atoms with E-state index >= 15 is 0 Å². The lowest BCUT2D eigenvalue weighted by molar-refractivity contribution is 0.0996. The van der Waals surface area contributed by atoms with Gasteiger partial charge in [0.15, 0.2) is 4.80 Å². The fourth-order valence-electron chi connectivity index (χ4n) is 3.34. The molecule has 11 heteroatoms. The number of halogens is 2. The molecule has 0 saturated carbocycles. The molecule has 4 aromatic rings. The number of anilines is 1. The molecule has 1 heterocycles. The standard InChI is InChI=1S/C24H21ClFN3O4S2/c1-2-33-15-14-29-22-20(26)4-3-5-21(22)34-24(29)27-23(30)16-6-10-18(11-7-16)28-35(31,32)19-12-8-17(25)9-13-19/h3-13,28H,2,14-15H2,1H3. The molecular weight excluding hydrogens is 513 g/mol. The number of sulfonamides is 1. The van der Waals surface area contributed by atoms with E-state index in [1.807, 2.05) is 6.92 Å². The van der Waals surface area contributed by atoms with Crippen molar-refractivity contribution >= 4 is 54.8 Å². The lowest BCUT2D eigenvalue weighted by Crippen LogP contribution is -2.20. The van der Waals surface area contributed by atoms with E-state index in [9.17, 15) is 17.6 Å². The summed E-state index contributed by atoms with van der Waals surface area (Å²) in [5.41, 5.74) is 0.914. The van der Waals surface area contributed by atoms with E-state index in [4.69, 9.17) is 16.3 Å². The van der Waals surface area contributed by atoms with Crippen molar-refractivity contribution in [3.63, 3.8) is 0 Å². The summed E-state index contributed by atoms with van der Waals surface area (Å²) in [6.45, 7) is 3.07. The SMILES string of the molecule is CCOCCn1c(=NC(=O)c2ccc(NS(=O)(=O)c3ccc(Cl)cc3)cc2)sc2cccc(F)c21. The van der Waals surface area contributed by atoms with Crippen LogP contribution in [0.1, 0.15) is 17.3 Å². The van der Waals surface area contributed by atoms with Crippen LogP contribution in [0.3, 0.4) is 0 Å². The second kappa shape index (κ2) is 10.7. The van der Waals surface area contributed by atoms with Crippen molar-refractivity contribution in [1.29, 1.82) is 0 Å². The molecule has 0 aliphatic rings. The number of hydrogen-bond acceptors (Lipinski definition) is 5. The minimum atomic E-state index is -3.81. The average molecular weight is 534 g/mol. The molecule has 0 radical (unpaired) electrons. The van der Waals surface area contributed by atoms with Crippen LogP contribution in [0.4, 0.5) is 10.1 Å². The highest BCUT2D eigenvalue weighted by atomic mass is 35.5. The number of ether oxygens (including phenoxy) is 1. The number of hydrogen-bond donors (Lipinski definition) is 1. The van der Waals surface area contributed by atoms with Gasteiger partial charge >= 0.3 is 0 Å². The van der Waals surface area contributed by atoms with Crippen molar-refractivity contribution in [2.24, 2.45) is 4.99 Å². The van der Waals surface area contributed by atoms with Gasteiger partial charge in [0, 0.05) is 29.4 Å². The van der Waals surface area contributed by atoms with E-state index in [1.54, 1.807) is 16.7 Å². The van der Waals surface area contributed by atoms with E-state index in [1.165, 1.54) is 65.9 Å². The van der Waals surface area contributed by atoms with Crippen LogP contribution < -0.4 is 9.52 Å². The number of carbonyl (C=O) groups is 1. The minimum Gasteiger partial charge on any atom is -0.380 e. The number of nitrogens with zero attached hydrogens (tertiary/aromatic N) is 2. The normalized spacial score (nSPS) is 12.3. The summed E-state index contributed by atoms with van der Waals surface area (Å²) in [6, 6.07) is 16.4. The summed E-state index contributed by atoms with van der Waals surface area (Å²) in [7, 11) is -3.81. The first-order chi connectivity index (χ1) is 16.8. The molecule has 0 saturated heterocycles. The first-order valence-electron chi connectivity index (χ1n) is 10.6. The second-order valence-corrected chi connectivity index (χ2v) is 10.5. The first kappa shape index (κ1) is 25.1. The summed E-state index contributed by atoms with van der Waals surface area (Å²) < 4.78 is 49.8. The molecular formula is C24H21ClFN3O4S2. The van der Waals surface area contributed by atoms with E-state index in [2.05, 4.69) is 9.71 Å². The molecule has 1 aromatic heterocycles. The fraction of sp³-hybridized carbons (Fsp3) is 0.167. The Morgan fingerprint density at radius 1 is 1.11 bits per heavy atom.